The predicted molar refractivity (Wildman–Crippen MR) is 54.6 cm³/mol. The second kappa shape index (κ2) is 3.98. The molecule has 1 fully saturated rings. The number of rotatable bonds is 3. The molecule has 0 aromatic carbocycles. The highest BCUT2D eigenvalue weighted by Gasteiger charge is 2.21. The first-order valence-corrected chi connectivity index (χ1v) is 4.95. The molecule has 1 aromatic rings. The van der Waals surface area contributed by atoms with Crippen LogP contribution >= 0.6 is 11.6 Å². The van der Waals surface area contributed by atoms with Gasteiger partial charge in [0.15, 0.2) is 5.82 Å². The van der Waals surface area contributed by atoms with E-state index in [1.54, 1.807) is 15.8 Å². The van der Waals surface area contributed by atoms with E-state index in [2.05, 4.69) is 5.10 Å². The first-order valence-electron chi connectivity index (χ1n) is 4.57. The number of nitrogens with zero attached hydrogens (tertiary/aromatic N) is 3. The third-order valence-electron chi connectivity index (χ3n) is 2.19. The minimum Gasteiger partial charge on any atom is -0.448 e. The van der Waals surface area contributed by atoms with Crippen LogP contribution in [0.2, 0.25) is 5.02 Å². The summed E-state index contributed by atoms with van der Waals surface area (Å²) in [6, 6.07) is 0. The van der Waals surface area contributed by atoms with Crippen LogP contribution in [0.25, 0.3) is 0 Å². The molecule has 7 heteroatoms. The maximum atomic E-state index is 11.1. The predicted octanol–water partition coefficient (Wildman–Crippen LogP) is 0.571. The van der Waals surface area contributed by atoms with Gasteiger partial charge in [0.2, 0.25) is 0 Å². The normalized spacial score (nSPS) is 15.8. The van der Waals surface area contributed by atoms with Crippen molar-refractivity contribution in [1.29, 1.82) is 0 Å². The van der Waals surface area contributed by atoms with Gasteiger partial charge in [0, 0.05) is 12.7 Å². The van der Waals surface area contributed by atoms with Crippen molar-refractivity contribution in [1.82, 2.24) is 14.7 Å². The van der Waals surface area contributed by atoms with Crippen molar-refractivity contribution in [2.45, 2.75) is 6.54 Å². The summed E-state index contributed by atoms with van der Waals surface area (Å²) in [5.74, 6) is 0.306. The summed E-state index contributed by atoms with van der Waals surface area (Å²) < 4.78 is 6.40. The summed E-state index contributed by atoms with van der Waals surface area (Å²) in [7, 11) is 0. The minimum absolute atomic E-state index is 0.277. The van der Waals surface area contributed by atoms with Crippen molar-refractivity contribution in [2.75, 3.05) is 25.4 Å². The summed E-state index contributed by atoms with van der Waals surface area (Å²) >= 11 is 5.74. The molecule has 0 atom stereocenters. The maximum absolute atomic E-state index is 11.1. The van der Waals surface area contributed by atoms with Gasteiger partial charge in [0.05, 0.1) is 13.1 Å². The summed E-state index contributed by atoms with van der Waals surface area (Å²) in [6.07, 6.45) is 1.36. The van der Waals surface area contributed by atoms with Gasteiger partial charge in [0.1, 0.15) is 11.6 Å². The average molecular weight is 231 g/mol. The number of amides is 1. The average Bonchev–Trinajstić information content (AvgIpc) is 2.72. The van der Waals surface area contributed by atoms with Crippen molar-refractivity contribution < 1.29 is 9.53 Å². The van der Waals surface area contributed by atoms with Crippen LogP contribution in [0, 0.1) is 0 Å². The number of halogens is 1. The molecule has 2 heterocycles. The van der Waals surface area contributed by atoms with Gasteiger partial charge in [-0.15, -0.1) is 0 Å². The lowest BCUT2D eigenvalue weighted by Crippen LogP contribution is -2.28. The second-order valence-electron chi connectivity index (χ2n) is 3.23. The zero-order chi connectivity index (χ0) is 10.8. The largest absolute Gasteiger partial charge is 0.448 e. The van der Waals surface area contributed by atoms with Crippen LogP contribution in [0.1, 0.15) is 0 Å². The highest BCUT2D eigenvalue weighted by atomic mass is 35.5. The monoisotopic (exact) mass is 230 g/mol. The number of anilines is 1. The van der Waals surface area contributed by atoms with E-state index in [1.165, 1.54) is 0 Å². The molecule has 2 N–H and O–H groups in total. The number of nitrogens with two attached hydrogens (primary N) is 1. The summed E-state index contributed by atoms with van der Waals surface area (Å²) in [5.41, 5.74) is 5.48. The number of aromatic nitrogens is 2. The molecule has 2 rings (SSSR count). The third kappa shape index (κ3) is 2.15. The summed E-state index contributed by atoms with van der Waals surface area (Å²) in [4.78, 5) is 12.7. The van der Waals surface area contributed by atoms with Crippen molar-refractivity contribution in [3.05, 3.63) is 11.2 Å². The van der Waals surface area contributed by atoms with Crippen LogP contribution in [-0.4, -0.2) is 40.5 Å². The zero-order valence-corrected chi connectivity index (χ0v) is 8.78. The SMILES string of the molecule is Nc1nn(CCN2CCOC2=O)cc1Cl. The highest BCUT2D eigenvalue weighted by molar-refractivity contribution is 6.32. The fraction of sp³-hybridized carbons (Fsp3) is 0.500. The van der Waals surface area contributed by atoms with E-state index in [-0.39, 0.29) is 6.09 Å². The Balaban J connectivity index is 1.90. The Hall–Kier alpha value is -1.43. The molecular formula is C8H11ClN4O2. The van der Waals surface area contributed by atoms with E-state index in [0.717, 1.165) is 0 Å². The van der Waals surface area contributed by atoms with E-state index in [9.17, 15) is 4.79 Å². The Morgan fingerprint density at radius 2 is 2.40 bits per heavy atom. The van der Waals surface area contributed by atoms with Gasteiger partial charge < -0.3 is 15.4 Å². The number of hydrogen-bond acceptors (Lipinski definition) is 4. The van der Waals surface area contributed by atoms with E-state index >= 15 is 0 Å². The van der Waals surface area contributed by atoms with Crippen LogP contribution in [0.4, 0.5) is 10.6 Å². The molecule has 1 aliphatic rings. The Morgan fingerprint density at radius 1 is 1.60 bits per heavy atom. The molecule has 0 radical (unpaired) electrons. The standard InChI is InChI=1S/C8H11ClN4O2/c9-6-5-13(11-7(6)10)2-1-12-3-4-15-8(12)14/h5H,1-4H2,(H2,10,11). The van der Waals surface area contributed by atoms with E-state index in [0.29, 0.717) is 37.1 Å². The molecule has 6 nitrogen and oxygen atoms in total. The molecule has 0 unspecified atom stereocenters. The Labute approximate surface area is 91.5 Å². The first kappa shape index (κ1) is 10.1. The van der Waals surface area contributed by atoms with Gasteiger partial charge in [-0.1, -0.05) is 11.6 Å². The lowest BCUT2D eigenvalue weighted by Gasteiger charge is -2.11. The van der Waals surface area contributed by atoms with Gasteiger partial charge in [-0.2, -0.15) is 5.10 Å². The van der Waals surface area contributed by atoms with Gasteiger partial charge in [-0.25, -0.2) is 4.79 Å². The molecule has 0 aliphatic carbocycles. The van der Waals surface area contributed by atoms with Crippen LogP contribution in [0.15, 0.2) is 6.20 Å². The van der Waals surface area contributed by atoms with Crippen molar-refractivity contribution in [3.63, 3.8) is 0 Å². The lowest BCUT2D eigenvalue weighted by atomic mass is 10.5. The number of carbonyl (C=O) groups is 1. The lowest BCUT2D eigenvalue weighted by molar-refractivity contribution is 0.157. The molecule has 1 amide bonds. The molecule has 0 bridgehead atoms. The fourth-order valence-electron chi connectivity index (χ4n) is 1.38. The Morgan fingerprint density at radius 3 is 2.93 bits per heavy atom. The molecule has 1 aromatic heterocycles. The van der Waals surface area contributed by atoms with Crippen molar-refractivity contribution in [3.8, 4) is 0 Å². The quantitative estimate of drug-likeness (QED) is 0.824. The summed E-state index contributed by atoms with van der Waals surface area (Å²) in [6.45, 7) is 2.20. The number of cyclic esters (lactones) is 1. The van der Waals surface area contributed by atoms with E-state index in [1.807, 2.05) is 0 Å². The number of hydrogen-bond donors (Lipinski definition) is 1. The molecule has 0 saturated carbocycles. The number of nitrogen functional groups attached to an aromatic ring is 1. The van der Waals surface area contributed by atoms with Gasteiger partial charge >= 0.3 is 6.09 Å². The van der Waals surface area contributed by atoms with Crippen LogP contribution in [0.5, 0.6) is 0 Å². The second-order valence-corrected chi connectivity index (χ2v) is 3.63. The van der Waals surface area contributed by atoms with E-state index < -0.39 is 0 Å². The molecule has 0 spiro atoms. The third-order valence-corrected chi connectivity index (χ3v) is 2.48. The fourth-order valence-corrected chi connectivity index (χ4v) is 1.53. The molecule has 15 heavy (non-hydrogen) atoms. The molecule has 1 aliphatic heterocycles. The van der Waals surface area contributed by atoms with E-state index in [4.69, 9.17) is 22.1 Å². The van der Waals surface area contributed by atoms with Crippen molar-refractivity contribution in [2.24, 2.45) is 0 Å². The minimum atomic E-state index is -0.277. The number of carbonyl (C=O) groups excluding carboxylic acids is 1. The van der Waals surface area contributed by atoms with Crippen LogP contribution in [-0.2, 0) is 11.3 Å². The first-order chi connectivity index (χ1) is 7.16. The van der Waals surface area contributed by atoms with Crippen molar-refractivity contribution >= 4 is 23.5 Å². The van der Waals surface area contributed by atoms with Gasteiger partial charge in [-0.05, 0) is 0 Å². The number of ether oxygens (including phenoxy) is 1. The Bertz CT molecular complexity index is 359. The summed E-state index contributed by atoms with van der Waals surface area (Å²) in [5, 5.41) is 4.41. The topological polar surface area (TPSA) is 73.4 Å². The molecular weight excluding hydrogens is 220 g/mol. The van der Waals surface area contributed by atoms with Crippen LogP contribution in [0.3, 0.4) is 0 Å². The molecule has 1 saturated heterocycles. The smallest absolute Gasteiger partial charge is 0.410 e. The van der Waals surface area contributed by atoms with Gasteiger partial charge in [0.25, 0.3) is 0 Å². The zero-order valence-electron chi connectivity index (χ0n) is 8.02. The van der Waals surface area contributed by atoms with Crippen LogP contribution < -0.4 is 5.73 Å². The maximum Gasteiger partial charge on any atom is 0.410 e. The highest BCUT2D eigenvalue weighted by Crippen LogP contribution is 2.15. The molecule has 82 valence electrons. The Kier molecular flexibility index (Phi) is 2.68. The van der Waals surface area contributed by atoms with Gasteiger partial charge in [-0.3, -0.25) is 4.68 Å².